The van der Waals surface area contributed by atoms with Crippen LogP contribution in [0.15, 0.2) is 29.3 Å². The maximum atomic E-state index is 5.94. The topological polar surface area (TPSA) is 85.6 Å². The van der Waals surface area contributed by atoms with Gasteiger partial charge in [0.05, 0.1) is 20.2 Å². The summed E-state index contributed by atoms with van der Waals surface area (Å²) in [6.07, 6.45) is 2.80. The van der Waals surface area contributed by atoms with E-state index in [2.05, 4.69) is 32.6 Å². The van der Waals surface area contributed by atoms with Crippen LogP contribution in [0, 0.1) is 0 Å². The lowest BCUT2D eigenvalue weighted by atomic mass is 10.1. The molecule has 2 N–H and O–H groups in total. The van der Waals surface area contributed by atoms with Gasteiger partial charge in [0.1, 0.15) is 23.4 Å². The Kier molecular flexibility index (Phi) is 6.73. The Morgan fingerprint density at radius 1 is 1.32 bits per heavy atom. The Morgan fingerprint density at radius 2 is 2.07 bits per heavy atom. The fraction of sp³-hybridized carbons (Fsp3) is 0.550. The van der Waals surface area contributed by atoms with Crippen LogP contribution in [0.5, 0.6) is 11.5 Å². The predicted octanol–water partition coefficient (Wildman–Crippen LogP) is 1.80. The Balaban J connectivity index is 1.46. The van der Waals surface area contributed by atoms with Crippen molar-refractivity contribution in [1.82, 2.24) is 25.4 Å². The molecule has 0 amide bonds. The Morgan fingerprint density at radius 3 is 2.75 bits per heavy atom. The number of aromatic nitrogens is 3. The smallest absolute Gasteiger partial charge is 0.191 e. The molecule has 2 unspecified atom stereocenters. The molecule has 1 aromatic carbocycles. The van der Waals surface area contributed by atoms with Gasteiger partial charge in [-0.05, 0) is 37.6 Å². The molecule has 1 aliphatic heterocycles. The molecule has 2 heterocycles. The van der Waals surface area contributed by atoms with Crippen molar-refractivity contribution < 1.29 is 9.47 Å². The van der Waals surface area contributed by atoms with E-state index in [9.17, 15) is 0 Å². The maximum absolute atomic E-state index is 5.94. The fourth-order valence-corrected chi connectivity index (χ4v) is 3.18. The zero-order valence-corrected chi connectivity index (χ0v) is 17.1. The lowest BCUT2D eigenvalue weighted by molar-refractivity contribution is 0.223. The van der Waals surface area contributed by atoms with Crippen molar-refractivity contribution in [3.8, 4) is 11.5 Å². The molecule has 0 spiro atoms. The third kappa shape index (κ3) is 5.15. The molecule has 0 aliphatic carbocycles. The fourth-order valence-electron chi connectivity index (χ4n) is 3.18. The van der Waals surface area contributed by atoms with Crippen molar-refractivity contribution >= 4 is 5.96 Å². The van der Waals surface area contributed by atoms with E-state index < -0.39 is 0 Å². The van der Waals surface area contributed by atoms with Gasteiger partial charge in [0.25, 0.3) is 0 Å². The number of aryl methyl sites for hydroxylation is 2. The number of aliphatic imine (C=N–C) groups is 1. The van der Waals surface area contributed by atoms with Crippen LogP contribution in [0.2, 0.25) is 0 Å². The van der Waals surface area contributed by atoms with Gasteiger partial charge < -0.3 is 20.1 Å². The predicted molar refractivity (Wildman–Crippen MR) is 109 cm³/mol. The molecule has 2 aromatic rings. The van der Waals surface area contributed by atoms with Crippen LogP contribution in [0.25, 0.3) is 0 Å². The van der Waals surface area contributed by atoms with Gasteiger partial charge in [-0.3, -0.25) is 4.99 Å². The molecule has 1 aliphatic rings. The molecule has 0 fully saturated rings. The highest BCUT2D eigenvalue weighted by atomic mass is 16.5. The minimum atomic E-state index is -0.00710. The molecule has 0 saturated carbocycles. The SMILES string of the molecule is CCc1nc2n(n1)CC(NC(=NC)NCC(C)Oc1ccc(OC)cc1)CC2. The Hall–Kier alpha value is -2.77. The summed E-state index contributed by atoms with van der Waals surface area (Å²) in [5, 5.41) is 11.4. The average molecular weight is 387 g/mol. The van der Waals surface area contributed by atoms with Crippen LogP contribution < -0.4 is 20.1 Å². The van der Waals surface area contributed by atoms with Gasteiger partial charge >= 0.3 is 0 Å². The van der Waals surface area contributed by atoms with Crippen molar-refractivity contribution in [2.24, 2.45) is 4.99 Å². The Bertz CT molecular complexity index is 786. The first-order chi connectivity index (χ1) is 13.6. The number of fused-ring (bicyclic) bond motifs is 1. The molecular formula is C20H30N6O2. The molecule has 28 heavy (non-hydrogen) atoms. The first-order valence-corrected chi connectivity index (χ1v) is 9.81. The largest absolute Gasteiger partial charge is 0.497 e. The molecule has 8 heteroatoms. The minimum absolute atomic E-state index is 0.00710. The summed E-state index contributed by atoms with van der Waals surface area (Å²) >= 11 is 0. The number of ether oxygens (including phenoxy) is 2. The van der Waals surface area contributed by atoms with Gasteiger partial charge in [0.15, 0.2) is 11.8 Å². The van der Waals surface area contributed by atoms with Crippen molar-refractivity contribution in [2.45, 2.75) is 51.8 Å². The summed E-state index contributed by atoms with van der Waals surface area (Å²) in [5.74, 6) is 4.41. The van der Waals surface area contributed by atoms with Gasteiger partial charge in [-0.15, -0.1) is 0 Å². The van der Waals surface area contributed by atoms with Crippen LogP contribution in [0.1, 0.15) is 31.9 Å². The van der Waals surface area contributed by atoms with E-state index in [0.29, 0.717) is 6.54 Å². The van der Waals surface area contributed by atoms with Gasteiger partial charge in [-0.2, -0.15) is 5.10 Å². The molecule has 2 atom stereocenters. The third-order valence-electron chi connectivity index (χ3n) is 4.74. The van der Waals surface area contributed by atoms with Crippen molar-refractivity contribution in [3.05, 3.63) is 35.9 Å². The van der Waals surface area contributed by atoms with E-state index in [0.717, 1.165) is 54.9 Å². The van der Waals surface area contributed by atoms with E-state index in [1.54, 1.807) is 14.2 Å². The quantitative estimate of drug-likeness (QED) is 0.557. The van der Waals surface area contributed by atoms with E-state index in [1.165, 1.54) is 0 Å². The summed E-state index contributed by atoms with van der Waals surface area (Å²) in [6, 6.07) is 7.88. The summed E-state index contributed by atoms with van der Waals surface area (Å²) in [6.45, 7) is 5.56. The third-order valence-corrected chi connectivity index (χ3v) is 4.74. The molecule has 3 rings (SSSR count). The first kappa shape index (κ1) is 20.0. The van der Waals surface area contributed by atoms with E-state index in [4.69, 9.17) is 9.47 Å². The van der Waals surface area contributed by atoms with E-state index >= 15 is 0 Å². The maximum Gasteiger partial charge on any atom is 0.191 e. The van der Waals surface area contributed by atoms with Crippen molar-refractivity contribution in [3.63, 3.8) is 0 Å². The van der Waals surface area contributed by atoms with Gasteiger partial charge in [0, 0.05) is 25.9 Å². The van der Waals surface area contributed by atoms with Crippen LogP contribution in [0.4, 0.5) is 0 Å². The molecule has 0 radical (unpaired) electrons. The second-order valence-corrected chi connectivity index (χ2v) is 6.92. The molecule has 0 bridgehead atoms. The summed E-state index contributed by atoms with van der Waals surface area (Å²) in [4.78, 5) is 8.91. The number of hydrogen-bond donors (Lipinski definition) is 2. The Labute approximate surface area is 166 Å². The van der Waals surface area contributed by atoms with Crippen LogP contribution in [-0.4, -0.2) is 53.6 Å². The highest BCUT2D eigenvalue weighted by Gasteiger charge is 2.22. The number of rotatable bonds is 7. The molecule has 152 valence electrons. The zero-order valence-electron chi connectivity index (χ0n) is 17.1. The first-order valence-electron chi connectivity index (χ1n) is 9.81. The van der Waals surface area contributed by atoms with Crippen molar-refractivity contribution in [1.29, 1.82) is 0 Å². The lowest BCUT2D eigenvalue weighted by Gasteiger charge is -2.26. The molecular weight excluding hydrogens is 356 g/mol. The number of guanidine groups is 1. The van der Waals surface area contributed by atoms with Crippen LogP contribution >= 0.6 is 0 Å². The summed E-state index contributed by atoms with van der Waals surface area (Å²) in [5.41, 5.74) is 0. The summed E-state index contributed by atoms with van der Waals surface area (Å²) in [7, 11) is 3.43. The van der Waals surface area contributed by atoms with Crippen molar-refractivity contribution in [2.75, 3.05) is 20.7 Å². The monoisotopic (exact) mass is 386 g/mol. The van der Waals surface area contributed by atoms with Crippen LogP contribution in [0.3, 0.4) is 0 Å². The number of methoxy groups -OCH3 is 1. The van der Waals surface area contributed by atoms with Gasteiger partial charge in [0.2, 0.25) is 0 Å². The number of nitrogens with one attached hydrogen (secondary N) is 2. The standard InChI is InChI=1S/C20H30N6O2/c1-5-18-24-19-11-6-15(13-26(19)25-18)23-20(21-3)22-12-14(2)28-17-9-7-16(27-4)8-10-17/h7-10,14-15H,5-6,11-13H2,1-4H3,(H2,21,22,23). The average Bonchev–Trinajstić information content (AvgIpc) is 3.14. The van der Waals surface area contributed by atoms with Gasteiger partial charge in [-0.1, -0.05) is 6.92 Å². The van der Waals surface area contributed by atoms with Crippen LogP contribution in [-0.2, 0) is 19.4 Å². The molecule has 1 aromatic heterocycles. The molecule has 0 saturated heterocycles. The number of hydrogen-bond acceptors (Lipinski definition) is 5. The normalized spacial score (nSPS) is 17.6. The number of benzene rings is 1. The van der Waals surface area contributed by atoms with Gasteiger partial charge in [-0.25, -0.2) is 9.67 Å². The second kappa shape index (κ2) is 9.43. The zero-order chi connectivity index (χ0) is 19.9. The van der Waals surface area contributed by atoms with E-state index in [-0.39, 0.29) is 12.1 Å². The minimum Gasteiger partial charge on any atom is -0.497 e. The highest BCUT2D eigenvalue weighted by molar-refractivity contribution is 5.80. The van der Waals surface area contributed by atoms with E-state index in [1.807, 2.05) is 35.9 Å². The second-order valence-electron chi connectivity index (χ2n) is 6.92. The number of nitrogens with zero attached hydrogens (tertiary/aromatic N) is 4. The lowest BCUT2D eigenvalue weighted by Crippen LogP contribution is -2.48. The highest BCUT2D eigenvalue weighted by Crippen LogP contribution is 2.18. The molecule has 8 nitrogen and oxygen atoms in total. The summed E-state index contributed by atoms with van der Waals surface area (Å²) < 4.78 is 13.1.